The number of carbonyl (C=O) groups excluding carboxylic acids is 2. The van der Waals surface area contributed by atoms with Crippen molar-refractivity contribution in [3.8, 4) is 5.75 Å². The molecule has 108 valence electrons. The van der Waals surface area contributed by atoms with Crippen LogP contribution in [0, 0.1) is 15.9 Å². The van der Waals surface area contributed by atoms with E-state index in [1.807, 2.05) is 0 Å². The number of amides is 1. The molecule has 1 rings (SSSR count). The Hall–Kier alpha value is -2.71. The Bertz CT molecular complexity index is 534. The number of methoxy groups -OCH3 is 1. The molecule has 9 heteroatoms. The minimum atomic E-state index is -0.763. The van der Waals surface area contributed by atoms with Crippen LogP contribution in [-0.4, -0.2) is 37.1 Å². The second-order valence-electron chi connectivity index (χ2n) is 3.51. The maximum absolute atomic E-state index is 13.0. The molecule has 0 aliphatic heterocycles. The normalized spacial score (nSPS) is 9.70. The standard InChI is InChI=1S/C11H11FN2O6/c1-19-11(16)5-13-10(15)6-20-9-4-7(12)2-3-8(9)14(17)18/h2-4H,5-6H2,1H3,(H,13,15). The lowest BCUT2D eigenvalue weighted by atomic mass is 10.3. The largest absolute Gasteiger partial charge is 0.477 e. The van der Waals surface area contributed by atoms with Gasteiger partial charge >= 0.3 is 11.7 Å². The molecule has 1 aromatic carbocycles. The highest BCUT2D eigenvalue weighted by Gasteiger charge is 2.17. The number of hydrogen-bond acceptors (Lipinski definition) is 6. The van der Waals surface area contributed by atoms with Gasteiger partial charge in [0, 0.05) is 12.1 Å². The highest BCUT2D eigenvalue weighted by molar-refractivity contribution is 5.82. The molecule has 0 saturated heterocycles. The molecular weight excluding hydrogens is 275 g/mol. The highest BCUT2D eigenvalue weighted by atomic mass is 19.1. The lowest BCUT2D eigenvalue weighted by Crippen LogP contribution is -2.33. The second kappa shape index (κ2) is 7.02. The molecule has 0 bridgehead atoms. The van der Waals surface area contributed by atoms with Crippen molar-refractivity contribution in [2.24, 2.45) is 0 Å². The summed E-state index contributed by atoms with van der Waals surface area (Å²) < 4.78 is 22.1. The molecule has 0 radical (unpaired) electrons. The number of nitrogens with one attached hydrogen (secondary N) is 1. The first-order chi connectivity index (χ1) is 9.43. The molecule has 0 aromatic heterocycles. The Morgan fingerprint density at radius 2 is 2.15 bits per heavy atom. The topological polar surface area (TPSA) is 108 Å². The zero-order valence-electron chi connectivity index (χ0n) is 10.4. The van der Waals surface area contributed by atoms with Crippen LogP contribution in [0.15, 0.2) is 18.2 Å². The maximum Gasteiger partial charge on any atom is 0.325 e. The zero-order valence-corrected chi connectivity index (χ0v) is 10.4. The number of ether oxygens (including phenoxy) is 2. The van der Waals surface area contributed by atoms with E-state index in [4.69, 9.17) is 4.74 Å². The van der Waals surface area contributed by atoms with Crippen LogP contribution in [0.25, 0.3) is 0 Å². The molecule has 0 heterocycles. The van der Waals surface area contributed by atoms with Gasteiger partial charge in [0.2, 0.25) is 5.75 Å². The fraction of sp³-hybridized carbons (Fsp3) is 0.273. The number of carbonyl (C=O) groups is 2. The molecule has 0 atom stereocenters. The Morgan fingerprint density at radius 3 is 2.75 bits per heavy atom. The third kappa shape index (κ3) is 4.52. The first-order valence-electron chi connectivity index (χ1n) is 5.34. The van der Waals surface area contributed by atoms with Gasteiger partial charge in [-0.1, -0.05) is 0 Å². The van der Waals surface area contributed by atoms with Gasteiger partial charge in [0.25, 0.3) is 5.91 Å². The molecule has 0 spiro atoms. The van der Waals surface area contributed by atoms with Crippen LogP contribution in [-0.2, 0) is 14.3 Å². The van der Waals surface area contributed by atoms with E-state index in [0.717, 1.165) is 25.3 Å². The third-order valence-corrected chi connectivity index (χ3v) is 2.13. The van der Waals surface area contributed by atoms with E-state index in [-0.39, 0.29) is 12.3 Å². The third-order valence-electron chi connectivity index (χ3n) is 2.13. The van der Waals surface area contributed by atoms with Gasteiger partial charge in [0.05, 0.1) is 12.0 Å². The Balaban J connectivity index is 2.61. The van der Waals surface area contributed by atoms with Gasteiger partial charge in [-0.25, -0.2) is 4.39 Å². The SMILES string of the molecule is COC(=O)CNC(=O)COc1cc(F)ccc1[N+](=O)[O-]. The minimum Gasteiger partial charge on any atom is -0.477 e. The molecule has 0 fully saturated rings. The summed E-state index contributed by atoms with van der Waals surface area (Å²) in [4.78, 5) is 32.0. The summed E-state index contributed by atoms with van der Waals surface area (Å²) >= 11 is 0. The maximum atomic E-state index is 13.0. The van der Waals surface area contributed by atoms with Gasteiger partial charge in [-0.2, -0.15) is 0 Å². The molecule has 8 nitrogen and oxygen atoms in total. The van der Waals surface area contributed by atoms with Crippen molar-refractivity contribution in [2.75, 3.05) is 20.3 Å². The van der Waals surface area contributed by atoms with Gasteiger partial charge in [-0.15, -0.1) is 0 Å². The smallest absolute Gasteiger partial charge is 0.325 e. The molecule has 1 aromatic rings. The van der Waals surface area contributed by atoms with Crippen LogP contribution in [0.4, 0.5) is 10.1 Å². The first-order valence-corrected chi connectivity index (χ1v) is 5.34. The van der Waals surface area contributed by atoms with Crippen LogP contribution >= 0.6 is 0 Å². The van der Waals surface area contributed by atoms with E-state index in [0.29, 0.717) is 0 Å². The van der Waals surface area contributed by atoms with Gasteiger partial charge in [0.15, 0.2) is 6.61 Å². The van der Waals surface area contributed by atoms with Crippen molar-refractivity contribution in [1.82, 2.24) is 5.32 Å². The molecule has 1 amide bonds. The van der Waals surface area contributed by atoms with Crippen molar-refractivity contribution in [3.63, 3.8) is 0 Å². The molecule has 0 unspecified atom stereocenters. The fourth-order valence-electron chi connectivity index (χ4n) is 1.19. The van der Waals surface area contributed by atoms with Crippen LogP contribution in [0.2, 0.25) is 0 Å². The summed E-state index contributed by atoms with van der Waals surface area (Å²) in [6.45, 7) is -0.953. The van der Waals surface area contributed by atoms with E-state index < -0.39 is 34.9 Å². The minimum absolute atomic E-state index is 0.357. The van der Waals surface area contributed by atoms with Crippen LogP contribution < -0.4 is 10.1 Å². The van der Waals surface area contributed by atoms with Crippen molar-refractivity contribution >= 4 is 17.6 Å². The number of benzene rings is 1. The van der Waals surface area contributed by atoms with E-state index in [1.165, 1.54) is 0 Å². The number of halogens is 1. The monoisotopic (exact) mass is 286 g/mol. The number of rotatable bonds is 6. The lowest BCUT2D eigenvalue weighted by Gasteiger charge is -2.07. The number of nitro groups is 1. The predicted molar refractivity (Wildman–Crippen MR) is 63.6 cm³/mol. The zero-order chi connectivity index (χ0) is 15.1. The number of esters is 1. The van der Waals surface area contributed by atoms with Crippen LogP contribution in [0.5, 0.6) is 5.75 Å². The van der Waals surface area contributed by atoms with Crippen molar-refractivity contribution in [3.05, 3.63) is 34.1 Å². The average molecular weight is 286 g/mol. The summed E-state index contributed by atoms with van der Waals surface area (Å²) in [5.74, 6) is -2.46. The summed E-state index contributed by atoms with van der Waals surface area (Å²) in [5, 5.41) is 12.8. The number of hydrogen-bond donors (Lipinski definition) is 1. The van der Waals surface area contributed by atoms with Gasteiger partial charge in [0.1, 0.15) is 12.4 Å². The molecule has 1 N–H and O–H groups in total. The van der Waals surface area contributed by atoms with Crippen LogP contribution in [0.3, 0.4) is 0 Å². The number of nitrogens with zero attached hydrogens (tertiary/aromatic N) is 1. The van der Waals surface area contributed by atoms with Crippen LogP contribution in [0.1, 0.15) is 0 Å². The summed E-state index contributed by atoms with van der Waals surface area (Å²) in [6.07, 6.45) is 0. The van der Waals surface area contributed by atoms with E-state index in [9.17, 15) is 24.1 Å². The Labute approximate surface area is 112 Å². The molecular formula is C11H11FN2O6. The average Bonchev–Trinajstić information content (AvgIpc) is 2.42. The second-order valence-corrected chi connectivity index (χ2v) is 3.51. The van der Waals surface area contributed by atoms with Gasteiger partial charge < -0.3 is 14.8 Å². The molecule has 20 heavy (non-hydrogen) atoms. The quantitative estimate of drug-likeness (QED) is 0.461. The van der Waals surface area contributed by atoms with Crippen molar-refractivity contribution in [1.29, 1.82) is 0 Å². The summed E-state index contributed by atoms with van der Waals surface area (Å²) in [5.41, 5.74) is -0.466. The van der Waals surface area contributed by atoms with E-state index in [1.54, 1.807) is 0 Å². The lowest BCUT2D eigenvalue weighted by molar-refractivity contribution is -0.385. The van der Waals surface area contributed by atoms with E-state index >= 15 is 0 Å². The van der Waals surface area contributed by atoms with Gasteiger partial charge in [-0.05, 0) is 6.07 Å². The molecule has 0 aliphatic carbocycles. The predicted octanol–water partition coefficient (Wildman–Crippen LogP) is 0.402. The summed E-state index contributed by atoms with van der Waals surface area (Å²) in [6, 6.07) is 2.63. The Kier molecular flexibility index (Phi) is 5.39. The fourth-order valence-corrected chi connectivity index (χ4v) is 1.19. The highest BCUT2D eigenvalue weighted by Crippen LogP contribution is 2.27. The molecule has 0 saturated carbocycles. The van der Waals surface area contributed by atoms with Crippen molar-refractivity contribution < 1.29 is 28.4 Å². The Morgan fingerprint density at radius 1 is 1.45 bits per heavy atom. The van der Waals surface area contributed by atoms with E-state index in [2.05, 4.69) is 10.1 Å². The summed E-state index contributed by atoms with van der Waals surface area (Å²) in [7, 11) is 1.15. The molecule has 0 aliphatic rings. The first kappa shape index (κ1) is 15.3. The number of nitro benzene ring substituents is 1. The van der Waals surface area contributed by atoms with Crippen molar-refractivity contribution in [2.45, 2.75) is 0 Å². The van der Waals surface area contributed by atoms with Gasteiger partial charge in [-0.3, -0.25) is 19.7 Å².